The van der Waals surface area contributed by atoms with Crippen LogP contribution >= 0.6 is 0 Å². The van der Waals surface area contributed by atoms with E-state index in [0.717, 1.165) is 56.6 Å². The standard InChI is InChI=1S/C15H22N4O2/c1-11-16-13(18-12-2-3-12)10-14(17-11)19-6-4-15(5-7-19)20-8-9-21-15/h10,12H,2-9H2,1H3,(H,16,17,18). The molecule has 0 atom stereocenters. The van der Waals surface area contributed by atoms with Crippen LogP contribution in [0, 0.1) is 6.92 Å². The molecule has 114 valence electrons. The lowest BCUT2D eigenvalue weighted by Gasteiger charge is -2.38. The molecule has 3 heterocycles. The highest BCUT2D eigenvalue weighted by atomic mass is 16.7. The van der Waals surface area contributed by atoms with E-state index in [-0.39, 0.29) is 5.79 Å². The number of aromatic nitrogens is 2. The van der Waals surface area contributed by atoms with Gasteiger partial charge in [0.05, 0.1) is 13.2 Å². The number of aryl methyl sites for hydroxylation is 1. The minimum atomic E-state index is -0.326. The first-order valence-corrected chi connectivity index (χ1v) is 7.88. The summed E-state index contributed by atoms with van der Waals surface area (Å²) in [6.45, 7) is 5.24. The Hall–Kier alpha value is -1.40. The molecule has 0 bridgehead atoms. The summed E-state index contributed by atoms with van der Waals surface area (Å²) < 4.78 is 11.6. The lowest BCUT2D eigenvalue weighted by molar-refractivity contribution is -0.169. The number of nitrogens with one attached hydrogen (secondary N) is 1. The van der Waals surface area contributed by atoms with Gasteiger partial charge in [0.15, 0.2) is 5.79 Å². The van der Waals surface area contributed by atoms with Crippen LogP contribution in [-0.4, -0.2) is 48.1 Å². The first-order valence-electron chi connectivity index (χ1n) is 7.88. The van der Waals surface area contributed by atoms with Crippen LogP contribution in [0.15, 0.2) is 6.07 Å². The van der Waals surface area contributed by atoms with Crippen LogP contribution in [0.2, 0.25) is 0 Å². The van der Waals surface area contributed by atoms with Gasteiger partial charge in [0.1, 0.15) is 17.5 Å². The van der Waals surface area contributed by atoms with Gasteiger partial charge in [-0.25, -0.2) is 9.97 Å². The molecule has 1 aromatic rings. The van der Waals surface area contributed by atoms with Crippen molar-refractivity contribution < 1.29 is 9.47 Å². The summed E-state index contributed by atoms with van der Waals surface area (Å²) in [6, 6.07) is 2.68. The Morgan fingerprint density at radius 1 is 1.19 bits per heavy atom. The molecular formula is C15H22N4O2. The lowest BCUT2D eigenvalue weighted by atomic mass is 10.0. The third-order valence-corrected chi connectivity index (χ3v) is 4.42. The summed E-state index contributed by atoms with van der Waals surface area (Å²) in [5, 5.41) is 3.46. The van der Waals surface area contributed by atoms with E-state index in [0.29, 0.717) is 6.04 Å². The van der Waals surface area contributed by atoms with Gasteiger partial charge >= 0.3 is 0 Å². The maximum Gasteiger partial charge on any atom is 0.171 e. The van der Waals surface area contributed by atoms with Crippen molar-refractivity contribution in [3.05, 3.63) is 11.9 Å². The van der Waals surface area contributed by atoms with Crippen LogP contribution in [0.25, 0.3) is 0 Å². The summed E-state index contributed by atoms with van der Waals surface area (Å²) in [5.41, 5.74) is 0. The fourth-order valence-electron chi connectivity index (χ4n) is 3.09. The predicted octanol–water partition coefficient (Wildman–Crippen LogP) is 1.70. The van der Waals surface area contributed by atoms with Gasteiger partial charge in [0.25, 0.3) is 0 Å². The molecule has 2 aliphatic heterocycles. The highest BCUT2D eigenvalue weighted by Crippen LogP contribution is 2.33. The number of hydrogen-bond acceptors (Lipinski definition) is 6. The predicted molar refractivity (Wildman–Crippen MR) is 79.5 cm³/mol. The van der Waals surface area contributed by atoms with Crippen molar-refractivity contribution in [2.24, 2.45) is 0 Å². The van der Waals surface area contributed by atoms with E-state index >= 15 is 0 Å². The molecule has 1 aromatic heterocycles. The smallest absolute Gasteiger partial charge is 0.171 e. The summed E-state index contributed by atoms with van der Waals surface area (Å²) in [7, 11) is 0. The van der Waals surface area contributed by atoms with E-state index < -0.39 is 0 Å². The van der Waals surface area contributed by atoms with E-state index in [2.05, 4.69) is 26.3 Å². The lowest BCUT2D eigenvalue weighted by Crippen LogP contribution is -2.45. The van der Waals surface area contributed by atoms with Gasteiger partial charge in [-0.05, 0) is 19.8 Å². The van der Waals surface area contributed by atoms with E-state index in [1.54, 1.807) is 0 Å². The van der Waals surface area contributed by atoms with Crippen LogP contribution in [0.3, 0.4) is 0 Å². The molecule has 0 radical (unpaired) electrons. The van der Waals surface area contributed by atoms with Gasteiger partial charge in [-0.15, -0.1) is 0 Å². The fourth-order valence-corrected chi connectivity index (χ4v) is 3.09. The van der Waals surface area contributed by atoms with Crippen molar-refractivity contribution in [2.45, 2.75) is 44.4 Å². The maximum absolute atomic E-state index is 5.78. The van der Waals surface area contributed by atoms with E-state index in [9.17, 15) is 0 Å². The molecule has 0 unspecified atom stereocenters. The van der Waals surface area contributed by atoms with Gasteiger partial charge in [0.2, 0.25) is 0 Å². The van der Waals surface area contributed by atoms with Crippen molar-refractivity contribution in [1.82, 2.24) is 9.97 Å². The van der Waals surface area contributed by atoms with Gasteiger partial charge in [-0.2, -0.15) is 0 Å². The second-order valence-electron chi connectivity index (χ2n) is 6.17. The van der Waals surface area contributed by atoms with Gasteiger partial charge in [-0.3, -0.25) is 0 Å². The average Bonchev–Trinajstić information content (AvgIpc) is 3.17. The molecule has 1 aliphatic carbocycles. The number of ether oxygens (including phenoxy) is 2. The normalized spacial score (nSPS) is 24.5. The Kier molecular flexibility index (Phi) is 3.23. The maximum atomic E-state index is 5.78. The Bertz CT molecular complexity index is 516. The zero-order valence-corrected chi connectivity index (χ0v) is 12.5. The molecule has 21 heavy (non-hydrogen) atoms. The van der Waals surface area contributed by atoms with Crippen molar-refractivity contribution in [3.63, 3.8) is 0 Å². The molecule has 1 N–H and O–H groups in total. The fraction of sp³-hybridized carbons (Fsp3) is 0.733. The third-order valence-electron chi connectivity index (χ3n) is 4.42. The molecule has 6 heteroatoms. The number of anilines is 2. The summed E-state index contributed by atoms with van der Waals surface area (Å²) in [4.78, 5) is 11.4. The van der Waals surface area contributed by atoms with Crippen molar-refractivity contribution in [2.75, 3.05) is 36.5 Å². The number of hydrogen-bond donors (Lipinski definition) is 1. The Labute approximate surface area is 124 Å². The van der Waals surface area contributed by atoms with Crippen LogP contribution in [0.1, 0.15) is 31.5 Å². The average molecular weight is 290 g/mol. The highest BCUT2D eigenvalue weighted by Gasteiger charge is 2.40. The molecule has 0 aromatic carbocycles. The molecule has 2 saturated heterocycles. The quantitative estimate of drug-likeness (QED) is 0.914. The van der Waals surface area contributed by atoms with Crippen molar-refractivity contribution in [3.8, 4) is 0 Å². The monoisotopic (exact) mass is 290 g/mol. The van der Waals surface area contributed by atoms with Crippen molar-refractivity contribution in [1.29, 1.82) is 0 Å². The molecule has 3 aliphatic rings. The zero-order valence-electron chi connectivity index (χ0n) is 12.5. The Morgan fingerprint density at radius 2 is 1.90 bits per heavy atom. The zero-order chi connectivity index (χ0) is 14.3. The van der Waals surface area contributed by atoms with Crippen LogP contribution in [0.4, 0.5) is 11.6 Å². The summed E-state index contributed by atoms with van der Waals surface area (Å²) in [5.74, 6) is 2.46. The van der Waals surface area contributed by atoms with Crippen molar-refractivity contribution >= 4 is 11.6 Å². The number of piperidine rings is 1. The number of nitrogens with zero attached hydrogens (tertiary/aromatic N) is 3. The topological polar surface area (TPSA) is 59.5 Å². The van der Waals surface area contributed by atoms with E-state index in [4.69, 9.17) is 9.47 Å². The SMILES string of the molecule is Cc1nc(NC2CC2)cc(N2CCC3(CC2)OCCO3)n1. The first kappa shape index (κ1) is 13.3. The number of rotatable bonds is 3. The molecule has 1 spiro atoms. The molecule has 3 fully saturated rings. The molecular weight excluding hydrogens is 268 g/mol. The minimum absolute atomic E-state index is 0.326. The summed E-state index contributed by atoms with van der Waals surface area (Å²) in [6.07, 6.45) is 4.31. The largest absolute Gasteiger partial charge is 0.367 e. The highest BCUT2D eigenvalue weighted by molar-refractivity contribution is 5.50. The van der Waals surface area contributed by atoms with Gasteiger partial charge in [0, 0.05) is 38.0 Å². The molecule has 1 saturated carbocycles. The Balaban J connectivity index is 1.47. The second-order valence-corrected chi connectivity index (χ2v) is 6.17. The Morgan fingerprint density at radius 3 is 2.57 bits per heavy atom. The van der Waals surface area contributed by atoms with E-state index in [1.807, 2.05) is 6.92 Å². The van der Waals surface area contributed by atoms with E-state index in [1.165, 1.54) is 12.8 Å². The van der Waals surface area contributed by atoms with Crippen LogP contribution in [0.5, 0.6) is 0 Å². The third kappa shape index (κ3) is 2.82. The van der Waals surface area contributed by atoms with Crippen LogP contribution < -0.4 is 10.2 Å². The first-order chi connectivity index (χ1) is 10.2. The molecule has 6 nitrogen and oxygen atoms in total. The summed E-state index contributed by atoms with van der Waals surface area (Å²) >= 11 is 0. The molecule has 0 amide bonds. The van der Waals surface area contributed by atoms with Gasteiger partial charge < -0.3 is 19.7 Å². The second kappa shape index (κ2) is 5.10. The molecule has 4 rings (SSSR count). The van der Waals surface area contributed by atoms with Gasteiger partial charge in [-0.1, -0.05) is 0 Å². The van der Waals surface area contributed by atoms with Crippen LogP contribution in [-0.2, 0) is 9.47 Å². The minimum Gasteiger partial charge on any atom is -0.367 e.